The number of carbonyl (C=O) groups excluding carboxylic acids is 1. The zero-order valence-electron chi connectivity index (χ0n) is 13.1. The van der Waals surface area contributed by atoms with E-state index in [-0.39, 0.29) is 11.4 Å². The lowest BCUT2D eigenvalue weighted by atomic mass is 10.2. The van der Waals surface area contributed by atoms with Crippen molar-refractivity contribution in [3.05, 3.63) is 35.7 Å². The number of nitrogens with zero attached hydrogens (tertiary/aromatic N) is 3. The number of hydrogen-bond acceptors (Lipinski definition) is 4. The van der Waals surface area contributed by atoms with E-state index in [1.807, 2.05) is 11.5 Å². The lowest BCUT2D eigenvalue weighted by Crippen LogP contribution is -2.16. The maximum atomic E-state index is 13.5. The number of anilines is 1. The van der Waals surface area contributed by atoms with Crippen LogP contribution in [0.3, 0.4) is 0 Å². The van der Waals surface area contributed by atoms with Gasteiger partial charge in [-0.15, -0.1) is 10.2 Å². The Morgan fingerprint density at radius 2 is 2.09 bits per heavy atom. The summed E-state index contributed by atoms with van der Waals surface area (Å²) in [5.74, 6) is -0.614. The maximum absolute atomic E-state index is 13.5. The molecule has 0 saturated carbocycles. The number of hydrogen-bond donors (Lipinski definition) is 1. The first kappa shape index (κ1) is 17.4. The Hall–Kier alpha value is -1.96. The van der Waals surface area contributed by atoms with Gasteiger partial charge in [-0.3, -0.25) is 4.79 Å². The first-order chi connectivity index (χ1) is 10.9. The van der Waals surface area contributed by atoms with Gasteiger partial charge in [-0.25, -0.2) is 8.78 Å². The Morgan fingerprint density at radius 3 is 2.74 bits per heavy atom. The quantitative estimate of drug-likeness (QED) is 0.820. The van der Waals surface area contributed by atoms with Crippen molar-refractivity contribution in [3.8, 4) is 0 Å². The summed E-state index contributed by atoms with van der Waals surface area (Å²) in [6.07, 6.45) is 0. The molecule has 0 saturated heterocycles. The van der Waals surface area contributed by atoms with Crippen molar-refractivity contribution in [2.24, 2.45) is 5.92 Å². The molecular formula is C15H18F2N4OS. The average Bonchev–Trinajstić information content (AvgIpc) is 2.80. The summed E-state index contributed by atoms with van der Waals surface area (Å²) >= 11 is 1.23. The molecule has 0 unspecified atom stereocenters. The predicted molar refractivity (Wildman–Crippen MR) is 85.3 cm³/mol. The second-order valence-electron chi connectivity index (χ2n) is 5.50. The minimum Gasteiger partial charge on any atom is -0.323 e. The molecule has 1 amide bonds. The molecule has 23 heavy (non-hydrogen) atoms. The number of aryl methyl sites for hydroxylation is 1. The molecule has 2 rings (SSSR count). The second kappa shape index (κ2) is 7.54. The van der Waals surface area contributed by atoms with E-state index in [9.17, 15) is 13.6 Å². The van der Waals surface area contributed by atoms with Crippen LogP contribution in [0.15, 0.2) is 23.4 Å². The van der Waals surface area contributed by atoms with Gasteiger partial charge in [0, 0.05) is 12.6 Å². The van der Waals surface area contributed by atoms with Crippen molar-refractivity contribution in [1.82, 2.24) is 14.8 Å². The summed E-state index contributed by atoms with van der Waals surface area (Å²) in [5, 5.41) is 11.1. The van der Waals surface area contributed by atoms with E-state index in [2.05, 4.69) is 29.4 Å². The van der Waals surface area contributed by atoms with Gasteiger partial charge in [0.25, 0.3) is 0 Å². The van der Waals surface area contributed by atoms with Crippen LogP contribution in [0.2, 0.25) is 0 Å². The van der Waals surface area contributed by atoms with Gasteiger partial charge in [0.15, 0.2) is 5.16 Å². The average molecular weight is 340 g/mol. The molecule has 0 aliphatic heterocycles. The van der Waals surface area contributed by atoms with Gasteiger partial charge >= 0.3 is 0 Å². The van der Waals surface area contributed by atoms with Crippen molar-refractivity contribution < 1.29 is 13.6 Å². The number of nitrogens with one attached hydrogen (secondary N) is 1. The first-order valence-corrected chi connectivity index (χ1v) is 8.13. The Morgan fingerprint density at radius 1 is 1.35 bits per heavy atom. The molecule has 1 N–H and O–H groups in total. The molecule has 1 aromatic heterocycles. The number of halogens is 2. The third kappa shape index (κ3) is 4.75. The molecule has 1 heterocycles. The largest absolute Gasteiger partial charge is 0.323 e. The minimum absolute atomic E-state index is 0.0446. The summed E-state index contributed by atoms with van der Waals surface area (Å²) in [6.45, 7) is 6.78. The van der Waals surface area contributed by atoms with Crippen molar-refractivity contribution in [2.45, 2.75) is 32.5 Å². The Balaban J connectivity index is 1.97. The molecule has 0 bridgehead atoms. The lowest BCUT2D eigenvalue weighted by Gasteiger charge is -2.10. The predicted octanol–water partition coefficient (Wildman–Crippen LogP) is 3.25. The third-order valence-corrected chi connectivity index (χ3v) is 3.95. The smallest absolute Gasteiger partial charge is 0.234 e. The molecule has 124 valence electrons. The zero-order valence-corrected chi connectivity index (χ0v) is 14.0. The minimum atomic E-state index is -0.804. The van der Waals surface area contributed by atoms with Crippen molar-refractivity contribution in [1.29, 1.82) is 0 Å². The highest BCUT2D eigenvalue weighted by Crippen LogP contribution is 2.20. The summed E-state index contributed by atoms with van der Waals surface area (Å²) < 4.78 is 28.3. The summed E-state index contributed by atoms with van der Waals surface area (Å²) in [4.78, 5) is 11.9. The van der Waals surface area contributed by atoms with E-state index >= 15 is 0 Å². The van der Waals surface area contributed by atoms with Gasteiger partial charge in [-0.05, 0) is 25.0 Å². The molecule has 0 spiro atoms. The highest BCUT2D eigenvalue weighted by atomic mass is 32.2. The zero-order chi connectivity index (χ0) is 17.0. The van der Waals surface area contributed by atoms with Gasteiger partial charge in [0.2, 0.25) is 5.91 Å². The van der Waals surface area contributed by atoms with Gasteiger partial charge in [0.05, 0.1) is 11.4 Å². The van der Waals surface area contributed by atoms with E-state index in [0.717, 1.165) is 24.5 Å². The summed E-state index contributed by atoms with van der Waals surface area (Å²) in [7, 11) is 0. The number of thioether (sulfide) groups is 1. The van der Waals surface area contributed by atoms with E-state index in [4.69, 9.17) is 0 Å². The van der Waals surface area contributed by atoms with Crippen molar-refractivity contribution in [3.63, 3.8) is 0 Å². The van der Waals surface area contributed by atoms with Crippen LogP contribution < -0.4 is 5.32 Å². The van der Waals surface area contributed by atoms with E-state index < -0.39 is 17.5 Å². The number of amides is 1. The molecular weight excluding hydrogens is 322 g/mol. The van der Waals surface area contributed by atoms with Gasteiger partial charge in [0.1, 0.15) is 17.5 Å². The summed E-state index contributed by atoms with van der Waals surface area (Å²) in [5.41, 5.74) is -0.0446. The number of rotatable bonds is 6. The summed E-state index contributed by atoms with van der Waals surface area (Å²) in [6, 6.07) is 3.01. The van der Waals surface area contributed by atoms with E-state index in [1.165, 1.54) is 17.8 Å². The van der Waals surface area contributed by atoms with Gasteiger partial charge in [-0.1, -0.05) is 25.6 Å². The molecule has 0 atom stereocenters. The standard InChI is InChI=1S/C15H18F2N4OS/c1-9(2)7-21-10(3)19-20-15(21)23-8-14(22)18-13-5-4-11(16)6-12(13)17/h4-6,9H,7-8H2,1-3H3,(H,18,22). The Bertz CT molecular complexity index is 703. The van der Waals surface area contributed by atoms with Crippen LogP contribution >= 0.6 is 11.8 Å². The topological polar surface area (TPSA) is 59.8 Å². The monoisotopic (exact) mass is 340 g/mol. The van der Waals surface area contributed by atoms with Crippen molar-refractivity contribution in [2.75, 3.05) is 11.1 Å². The maximum Gasteiger partial charge on any atom is 0.234 e. The SMILES string of the molecule is Cc1nnc(SCC(=O)Nc2ccc(F)cc2F)n1CC(C)C. The van der Waals surface area contributed by atoms with Gasteiger partial charge < -0.3 is 9.88 Å². The normalized spacial score (nSPS) is 11.0. The van der Waals surface area contributed by atoms with Crippen LogP contribution in [0.25, 0.3) is 0 Å². The van der Waals surface area contributed by atoms with Gasteiger partial charge in [-0.2, -0.15) is 0 Å². The highest BCUT2D eigenvalue weighted by molar-refractivity contribution is 7.99. The van der Waals surface area contributed by atoms with Crippen LogP contribution in [-0.4, -0.2) is 26.4 Å². The second-order valence-corrected chi connectivity index (χ2v) is 6.44. The van der Waals surface area contributed by atoms with Crippen LogP contribution in [0.4, 0.5) is 14.5 Å². The number of benzene rings is 1. The molecule has 0 aliphatic carbocycles. The fraction of sp³-hybridized carbons (Fsp3) is 0.400. The Labute approximate surface area is 137 Å². The fourth-order valence-corrected chi connectivity index (χ4v) is 2.74. The molecule has 8 heteroatoms. The molecule has 5 nitrogen and oxygen atoms in total. The van der Waals surface area contributed by atoms with Crippen molar-refractivity contribution >= 4 is 23.4 Å². The third-order valence-electron chi connectivity index (χ3n) is 2.99. The molecule has 2 aromatic rings. The highest BCUT2D eigenvalue weighted by Gasteiger charge is 2.14. The van der Waals surface area contributed by atoms with Crippen LogP contribution in [0.5, 0.6) is 0 Å². The number of carbonyl (C=O) groups is 1. The van der Waals surface area contributed by atoms with Crippen LogP contribution in [-0.2, 0) is 11.3 Å². The Kier molecular flexibility index (Phi) is 5.70. The lowest BCUT2D eigenvalue weighted by molar-refractivity contribution is -0.113. The van der Waals surface area contributed by atoms with E-state index in [1.54, 1.807) is 0 Å². The number of aromatic nitrogens is 3. The fourth-order valence-electron chi connectivity index (χ4n) is 1.95. The first-order valence-electron chi connectivity index (χ1n) is 7.14. The molecule has 1 aromatic carbocycles. The molecule has 0 radical (unpaired) electrons. The van der Waals surface area contributed by atoms with Crippen LogP contribution in [0.1, 0.15) is 19.7 Å². The molecule has 0 fully saturated rings. The van der Waals surface area contributed by atoms with E-state index in [0.29, 0.717) is 11.1 Å². The molecule has 0 aliphatic rings. The van der Waals surface area contributed by atoms with Crippen LogP contribution in [0, 0.1) is 24.5 Å².